The van der Waals surface area contributed by atoms with E-state index in [-0.39, 0.29) is 70.5 Å². The molecule has 3 aromatic carbocycles. The lowest BCUT2D eigenvalue weighted by Crippen LogP contribution is -2.54. The molecule has 0 bridgehead atoms. The number of amides is 4. The number of carbonyl (C=O) groups excluding carboxylic acids is 4. The molecule has 6 aliphatic rings. The van der Waals surface area contributed by atoms with Crippen molar-refractivity contribution in [3.05, 3.63) is 70.3 Å². The van der Waals surface area contributed by atoms with Gasteiger partial charge >= 0.3 is 12.2 Å². The number of hydrogen-bond donors (Lipinski definition) is 0. The lowest BCUT2D eigenvalue weighted by Gasteiger charge is -2.39. The van der Waals surface area contributed by atoms with Gasteiger partial charge in [-0.05, 0) is 147 Å². The smallest absolute Gasteiger partial charge is 0.417 e. The van der Waals surface area contributed by atoms with Gasteiger partial charge in [0, 0.05) is 44.0 Å². The van der Waals surface area contributed by atoms with Crippen LogP contribution in [0.2, 0.25) is 0 Å². The van der Waals surface area contributed by atoms with Crippen molar-refractivity contribution < 1.29 is 66.5 Å². The molecular weight excluding hydrogens is 953 g/mol. The maximum Gasteiger partial charge on any atom is 0.417 e. The zero-order chi connectivity index (χ0) is 52.5. The summed E-state index contributed by atoms with van der Waals surface area (Å²) in [6.45, 7) is 12.7. The van der Waals surface area contributed by atoms with Crippen molar-refractivity contribution >= 4 is 35.4 Å². The Balaban J connectivity index is 1.02. The first kappa shape index (κ1) is 52.6. The number of nitrogens with zero attached hydrogens (tertiary/aromatic N) is 4. The first-order valence-corrected chi connectivity index (χ1v) is 25.9. The molecule has 9 rings (SSSR count). The van der Waals surface area contributed by atoms with Crippen molar-refractivity contribution in [2.75, 3.05) is 50.3 Å². The maximum absolute atomic E-state index is 14.5. The minimum atomic E-state index is -0.917. The first-order chi connectivity index (χ1) is 35.4. The van der Waals surface area contributed by atoms with Crippen LogP contribution in [0.15, 0.2) is 42.5 Å². The minimum Gasteiger partial charge on any atom is -0.493 e. The Morgan fingerprint density at radius 1 is 0.595 bits per heavy atom. The lowest BCUT2D eigenvalue weighted by molar-refractivity contribution is -0.196. The number of terminal acetylenes is 1. The third-order valence-corrected chi connectivity index (χ3v) is 13.9. The van der Waals surface area contributed by atoms with Crippen molar-refractivity contribution in [2.24, 2.45) is 0 Å². The number of methoxy groups -OCH3 is 2. The van der Waals surface area contributed by atoms with Gasteiger partial charge in [0.05, 0.1) is 48.8 Å². The molecule has 6 heterocycles. The summed E-state index contributed by atoms with van der Waals surface area (Å²) in [5.41, 5.74) is 1.15. The second kappa shape index (κ2) is 21.9. The van der Waals surface area contributed by atoms with Crippen molar-refractivity contribution in [1.82, 2.24) is 9.80 Å². The lowest BCUT2D eigenvalue weighted by atomic mass is 10.1. The van der Waals surface area contributed by atoms with Crippen LogP contribution in [0.5, 0.6) is 23.0 Å². The van der Waals surface area contributed by atoms with Crippen LogP contribution in [0.4, 0.5) is 21.0 Å². The summed E-state index contributed by atoms with van der Waals surface area (Å²) in [5.74, 6) is 3.26. The fraction of sp³-hybridized carbons (Fsp3) is 0.571. The highest BCUT2D eigenvalue weighted by molar-refractivity contribution is 6.07. The van der Waals surface area contributed by atoms with E-state index in [1.165, 1.54) is 24.0 Å². The molecular formula is C56H70N4O14. The van der Waals surface area contributed by atoms with E-state index in [1.807, 2.05) is 18.2 Å². The fourth-order valence-electron chi connectivity index (χ4n) is 10.6. The van der Waals surface area contributed by atoms with E-state index < -0.39 is 60.5 Å². The second-order valence-corrected chi connectivity index (χ2v) is 21.6. The Kier molecular flexibility index (Phi) is 15.6. The van der Waals surface area contributed by atoms with E-state index in [2.05, 4.69) is 5.92 Å². The van der Waals surface area contributed by atoms with Gasteiger partial charge in [-0.1, -0.05) is 5.92 Å². The van der Waals surface area contributed by atoms with Gasteiger partial charge in [0.2, 0.25) is 0 Å². The molecule has 0 radical (unpaired) electrons. The van der Waals surface area contributed by atoms with Crippen molar-refractivity contribution in [2.45, 2.75) is 167 Å². The SMILES string of the molecule is C#Cc1cc(COc2cc3c(cc2OC)C(=O)N2CCC[C@H]2[C@H](OC2CCCCO2)N3C(=O)OC(C)(C)C)cc(COc2cc3c(cc2OC)C(=O)N2CCC[C@H]2[C@H](OC2CCCCO2)N3C(=O)OC(C)(C)C)c1. The van der Waals surface area contributed by atoms with Crippen LogP contribution >= 0.6 is 0 Å². The van der Waals surface area contributed by atoms with Crippen molar-refractivity contribution in [3.63, 3.8) is 0 Å². The van der Waals surface area contributed by atoms with E-state index >= 15 is 0 Å². The number of benzene rings is 3. The molecule has 6 aliphatic heterocycles. The number of anilines is 2. The van der Waals surface area contributed by atoms with E-state index in [1.54, 1.807) is 75.6 Å². The number of hydrogen-bond acceptors (Lipinski definition) is 14. The average Bonchev–Trinajstić information content (AvgIpc) is 4.05. The maximum atomic E-state index is 14.5. The average molecular weight is 1020 g/mol. The van der Waals surface area contributed by atoms with Gasteiger partial charge in [-0.25, -0.2) is 19.4 Å². The second-order valence-electron chi connectivity index (χ2n) is 21.6. The summed E-state index contributed by atoms with van der Waals surface area (Å²) in [6, 6.07) is 11.0. The van der Waals surface area contributed by atoms with Crippen molar-refractivity contribution in [1.29, 1.82) is 0 Å². The summed E-state index contributed by atoms with van der Waals surface area (Å²) in [4.78, 5) is 64.3. The first-order valence-electron chi connectivity index (χ1n) is 25.9. The molecule has 0 saturated carbocycles. The highest BCUT2D eigenvalue weighted by Crippen LogP contribution is 2.45. The van der Waals surface area contributed by atoms with Crippen LogP contribution in [-0.4, -0.2) is 123 Å². The van der Waals surface area contributed by atoms with Crippen LogP contribution in [0.25, 0.3) is 0 Å². The zero-order valence-corrected chi connectivity index (χ0v) is 43.9. The van der Waals surface area contributed by atoms with E-state index in [9.17, 15) is 19.2 Å². The summed E-state index contributed by atoms with van der Waals surface area (Å²) in [6.07, 6.45) is 9.31. The van der Waals surface area contributed by atoms with Gasteiger partial charge in [-0.15, -0.1) is 6.42 Å². The third kappa shape index (κ3) is 11.4. The molecule has 2 unspecified atom stereocenters. The molecule has 18 heteroatoms. The van der Waals surface area contributed by atoms with Crippen LogP contribution in [0.3, 0.4) is 0 Å². The van der Waals surface area contributed by atoms with Gasteiger partial charge in [0.1, 0.15) is 24.4 Å². The third-order valence-electron chi connectivity index (χ3n) is 13.9. The Hall–Kier alpha value is -6.26. The molecule has 74 heavy (non-hydrogen) atoms. The number of fused-ring (bicyclic) bond motifs is 4. The standard InChI is InChI=1S/C56H70N4O14/c1-10-34-25-35(32-69-45-30-41-37(28-43(45)65-8)49(61)57-21-15-17-39(57)51(71-47-19-11-13-23-67-47)59(41)53(63)73-55(2,3)4)27-36(26-34)33-70-46-31-42-38(29-44(46)66-9)50(62)58-22-16-18-40(58)52(72-48-20-12-14-24-68-48)60(42)54(64)74-56(5,6)7/h1,25-31,39-40,47-48,51-52H,11-24,32-33H2,2-9H3/t39-,40-,47?,48?,51-,52-/m0/s1. The molecule has 0 aliphatic carbocycles. The van der Waals surface area contributed by atoms with Gasteiger partial charge in [-0.3, -0.25) is 9.59 Å². The molecule has 6 atom stereocenters. The van der Waals surface area contributed by atoms with Gasteiger partial charge in [0.25, 0.3) is 11.8 Å². The summed E-state index contributed by atoms with van der Waals surface area (Å²) >= 11 is 0. The summed E-state index contributed by atoms with van der Waals surface area (Å²) in [5, 5.41) is 0. The highest BCUT2D eigenvalue weighted by atomic mass is 16.7. The van der Waals surface area contributed by atoms with Gasteiger partial charge < -0.3 is 57.2 Å². The van der Waals surface area contributed by atoms with Gasteiger partial charge in [-0.2, -0.15) is 0 Å². The molecule has 4 saturated heterocycles. The predicted octanol–water partition coefficient (Wildman–Crippen LogP) is 9.30. The quantitative estimate of drug-likeness (QED) is 0.157. The summed E-state index contributed by atoms with van der Waals surface area (Å²) < 4.78 is 62.2. The fourth-order valence-corrected chi connectivity index (χ4v) is 10.6. The van der Waals surface area contributed by atoms with E-state index in [0.717, 1.165) is 38.5 Å². The Morgan fingerprint density at radius 2 is 1.03 bits per heavy atom. The summed E-state index contributed by atoms with van der Waals surface area (Å²) in [7, 11) is 2.98. The Labute approximate surface area is 433 Å². The molecule has 0 N–H and O–H groups in total. The number of rotatable bonds is 12. The molecule has 398 valence electrons. The van der Waals surface area contributed by atoms with Crippen LogP contribution in [-0.2, 0) is 41.6 Å². The normalized spacial score (nSPS) is 23.9. The van der Waals surface area contributed by atoms with Crippen LogP contribution < -0.4 is 28.7 Å². The number of carbonyl (C=O) groups is 4. The Morgan fingerprint density at radius 3 is 1.39 bits per heavy atom. The van der Waals surface area contributed by atoms with Crippen molar-refractivity contribution in [3.8, 4) is 35.3 Å². The number of ether oxygens (including phenoxy) is 10. The monoisotopic (exact) mass is 1020 g/mol. The van der Waals surface area contributed by atoms with E-state index in [0.29, 0.717) is 68.7 Å². The molecule has 18 nitrogen and oxygen atoms in total. The molecule has 0 aromatic heterocycles. The highest BCUT2D eigenvalue weighted by Gasteiger charge is 2.50. The molecule has 0 spiro atoms. The van der Waals surface area contributed by atoms with Crippen LogP contribution in [0.1, 0.15) is 143 Å². The van der Waals surface area contributed by atoms with Crippen LogP contribution in [0, 0.1) is 12.3 Å². The molecule has 3 aromatic rings. The minimum absolute atomic E-state index is 0.0124. The molecule has 4 amide bonds. The Bertz CT molecular complexity index is 2460. The zero-order valence-electron chi connectivity index (χ0n) is 43.9. The largest absolute Gasteiger partial charge is 0.493 e. The van der Waals surface area contributed by atoms with E-state index in [4.69, 9.17) is 53.8 Å². The predicted molar refractivity (Wildman–Crippen MR) is 271 cm³/mol. The molecule has 4 fully saturated rings. The topological polar surface area (TPSA) is 174 Å². The van der Waals surface area contributed by atoms with Gasteiger partial charge in [0.15, 0.2) is 48.0 Å².